The van der Waals surface area contributed by atoms with Crippen LogP contribution in [0.5, 0.6) is 17.2 Å². The number of phenols is 3. The van der Waals surface area contributed by atoms with E-state index in [-0.39, 0.29) is 11.3 Å². The first-order valence-corrected chi connectivity index (χ1v) is 7.32. The van der Waals surface area contributed by atoms with E-state index in [1.807, 2.05) is 0 Å². The second-order valence-electron chi connectivity index (χ2n) is 5.05. The lowest BCUT2D eigenvalue weighted by Crippen LogP contribution is -2.40. The number of hydrogen-bond donors (Lipinski definition) is 5. The van der Waals surface area contributed by atoms with Crippen LogP contribution in [0.1, 0.15) is 37.7 Å². The third-order valence-corrected chi connectivity index (χ3v) is 3.68. The van der Waals surface area contributed by atoms with Gasteiger partial charge in [-0.2, -0.15) is 5.10 Å². The number of thiocarbonyl (C=S) groups is 1. The van der Waals surface area contributed by atoms with Crippen LogP contribution in [0.25, 0.3) is 0 Å². The summed E-state index contributed by atoms with van der Waals surface area (Å²) in [6.07, 6.45) is 7.24. The van der Waals surface area contributed by atoms with Crippen molar-refractivity contribution in [3.63, 3.8) is 0 Å². The van der Waals surface area contributed by atoms with E-state index in [1.54, 1.807) is 0 Å². The van der Waals surface area contributed by atoms with E-state index in [2.05, 4.69) is 15.8 Å². The zero-order valence-electron chi connectivity index (χ0n) is 11.5. The first-order valence-electron chi connectivity index (χ1n) is 6.91. The zero-order chi connectivity index (χ0) is 15.2. The number of hydrogen-bond acceptors (Lipinski definition) is 5. The number of nitrogens with one attached hydrogen (secondary N) is 2. The van der Waals surface area contributed by atoms with E-state index in [0.717, 1.165) is 12.8 Å². The Kier molecular flexibility index (Phi) is 5.21. The summed E-state index contributed by atoms with van der Waals surface area (Å²) in [6.45, 7) is 0. The Morgan fingerprint density at radius 2 is 1.86 bits per heavy atom. The van der Waals surface area contributed by atoms with E-state index in [9.17, 15) is 15.3 Å². The summed E-state index contributed by atoms with van der Waals surface area (Å²) in [6, 6.07) is 3.10. The molecular formula is C14H19N3O3S. The largest absolute Gasteiger partial charge is 0.504 e. The smallest absolute Gasteiger partial charge is 0.200 e. The van der Waals surface area contributed by atoms with Crippen molar-refractivity contribution in [1.29, 1.82) is 0 Å². The standard InChI is InChI=1S/C14H19N3O3S/c18-11-7-6-9(12(19)13(11)20)8-15-17-14(21)16-10-4-2-1-3-5-10/h6-8,10,18-20H,1-5H2,(H2,16,17,21). The van der Waals surface area contributed by atoms with Gasteiger partial charge in [-0.25, -0.2) is 0 Å². The van der Waals surface area contributed by atoms with Crippen LogP contribution in [0.2, 0.25) is 0 Å². The van der Waals surface area contributed by atoms with Gasteiger partial charge in [-0.05, 0) is 37.2 Å². The van der Waals surface area contributed by atoms with Gasteiger partial charge in [0, 0.05) is 11.6 Å². The van der Waals surface area contributed by atoms with Crippen LogP contribution in [-0.2, 0) is 0 Å². The molecule has 2 rings (SSSR count). The predicted octanol–water partition coefficient (Wildman–Crippen LogP) is 1.93. The normalized spacial score (nSPS) is 16.0. The molecule has 0 bridgehead atoms. The van der Waals surface area contributed by atoms with Crippen LogP contribution in [0.15, 0.2) is 17.2 Å². The Morgan fingerprint density at radius 1 is 1.14 bits per heavy atom. The predicted molar refractivity (Wildman–Crippen MR) is 84.8 cm³/mol. The fraction of sp³-hybridized carbons (Fsp3) is 0.429. The highest BCUT2D eigenvalue weighted by atomic mass is 32.1. The summed E-state index contributed by atoms with van der Waals surface area (Å²) in [4.78, 5) is 0. The Bertz CT molecular complexity index is 543. The maximum absolute atomic E-state index is 9.63. The van der Waals surface area contributed by atoms with Crippen molar-refractivity contribution in [1.82, 2.24) is 10.7 Å². The fourth-order valence-electron chi connectivity index (χ4n) is 2.31. The number of aromatic hydroxyl groups is 3. The van der Waals surface area contributed by atoms with Gasteiger partial charge >= 0.3 is 0 Å². The van der Waals surface area contributed by atoms with E-state index < -0.39 is 11.5 Å². The second-order valence-corrected chi connectivity index (χ2v) is 5.46. The molecule has 0 aromatic heterocycles. The molecule has 5 N–H and O–H groups in total. The Hall–Kier alpha value is -2.02. The third kappa shape index (κ3) is 4.22. The number of hydrazone groups is 1. The molecule has 0 heterocycles. The number of rotatable bonds is 3. The van der Waals surface area contributed by atoms with Crippen molar-refractivity contribution < 1.29 is 15.3 Å². The number of benzene rings is 1. The van der Waals surface area contributed by atoms with Gasteiger partial charge < -0.3 is 20.6 Å². The maximum atomic E-state index is 9.63. The lowest BCUT2D eigenvalue weighted by Gasteiger charge is -2.23. The summed E-state index contributed by atoms with van der Waals surface area (Å²) in [5.74, 6) is -1.37. The van der Waals surface area contributed by atoms with Crippen molar-refractivity contribution in [3.05, 3.63) is 17.7 Å². The summed E-state index contributed by atoms with van der Waals surface area (Å²) < 4.78 is 0. The van der Waals surface area contributed by atoms with E-state index >= 15 is 0 Å². The average Bonchev–Trinajstić information content (AvgIpc) is 2.48. The molecule has 1 aromatic rings. The fourth-order valence-corrected chi connectivity index (χ4v) is 2.53. The van der Waals surface area contributed by atoms with Gasteiger partial charge in [0.1, 0.15) is 0 Å². The summed E-state index contributed by atoms with van der Waals surface area (Å²) in [5, 5.41) is 35.8. The lowest BCUT2D eigenvalue weighted by molar-refractivity contribution is 0.367. The summed E-state index contributed by atoms with van der Waals surface area (Å²) in [7, 11) is 0. The Balaban J connectivity index is 1.87. The lowest BCUT2D eigenvalue weighted by atomic mass is 9.96. The first kappa shape index (κ1) is 15.4. The maximum Gasteiger partial charge on any atom is 0.200 e. The van der Waals surface area contributed by atoms with Crippen molar-refractivity contribution >= 4 is 23.5 Å². The molecule has 6 nitrogen and oxygen atoms in total. The molecule has 0 radical (unpaired) electrons. The van der Waals surface area contributed by atoms with Gasteiger partial charge in [-0.1, -0.05) is 19.3 Å². The van der Waals surface area contributed by atoms with Gasteiger partial charge in [0.25, 0.3) is 0 Å². The van der Waals surface area contributed by atoms with Crippen LogP contribution in [0.3, 0.4) is 0 Å². The first-order chi connectivity index (χ1) is 10.1. The quantitative estimate of drug-likeness (QED) is 0.253. The molecular weight excluding hydrogens is 290 g/mol. The highest BCUT2D eigenvalue weighted by Gasteiger charge is 2.13. The van der Waals surface area contributed by atoms with Crippen LogP contribution >= 0.6 is 12.2 Å². The average molecular weight is 309 g/mol. The molecule has 21 heavy (non-hydrogen) atoms. The van der Waals surface area contributed by atoms with Crippen LogP contribution < -0.4 is 10.7 Å². The van der Waals surface area contributed by atoms with Crippen LogP contribution in [0.4, 0.5) is 0 Å². The zero-order valence-corrected chi connectivity index (χ0v) is 12.4. The van der Waals surface area contributed by atoms with Crippen molar-refractivity contribution in [3.8, 4) is 17.2 Å². The topological polar surface area (TPSA) is 97.1 Å². The Morgan fingerprint density at radius 3 is 2.57 bits per heavy atom. The van der Waals surface area contributed by atoms with E-state index in [4.69, 9.17) is 12.2 Å². The molecule has 1 saturated carbocycles. The Labute approximate surface area is 128 Å². The molecule has 0 aliphatic heterocycles. The molecule has 1 aliphatic carbocycles. The molecule has 7 heteroatoms. The highest BCUT2D eigenvalue weighted by molar-refractivity contribution is 7.80. The van der Waals surface area contributed by atoms with Crippen molar-refractivity contribution in [2.45, 2.75) is 38.1 Å². The minimum absolute atomic E-state index is 0.276. The third-order valence-electron chi connectivity index (χ3n) is 3.47. The molecule has 0 saturated heterocycles. The summed E-state index contributed by atoms with van der Waals surface area (Å²) >= 11 is 5.14. The molecule has 0 amide bonds. The van der Waals surface area contributed by atoms with Gasteiger partial charge in [-0.3, -0.25) is 5.43 Å². The van der Waals surface area contributed by atoms with Crippen molar-refractivity contribution in [2.24, 2.45) is 5.10 Å². The van der Waals surface area contributed by atoms with Gasteiger partial charge in [0.05, 0.1) is 6.21 Å². The number of nitrogens with zero attached hydrogens (tertiary/aromatic N) is 1. The molecule has 0 unspecified atom stereocenters. The minimum atomic E-state index is -0.568. The molecule has 0 spiro atoms. The van der Waals surface area contributed by atoms with E-state index in [0.29, 0.717) is 11.2 Å². The molecule has 1 aromatic carbocycles. The van der Waals surface area contributed by atoms with Crippen molar-refractivity contribution in [2.75, 3.05) is 0 Å². The van der Waals surface area contributed by atoms with Gasteiger partial charge in [0.15, 0.2) is 16.6 Å². The van der Waals surface area contributed by atoms with Gasteiger partial charge in [-0.15, -0.1) is 0 Å². The highest BCUT2D eigenvalue weighted by Crippen LogP contribution is 2.36. The molecule has 114 valence electrons. The molecule has 1 aliphatic rings. The monoisotopic (exact) mass is 309 g/mol. The van der Waals surface area contributed by atoms with E-state index in [1.165, 1.54) is 37.6 Å². The molecule has 0 atom stereocenters. The minimum Gasteiger partial charge on any atom is -0.504 e. The second kappa shape index (κ2) is 7.12. The number of phenolic OH excluding ortho intramolecular Hbond substituents is 3. The SMILES string of the molecule is Oc1ccc(C=NNC(=S)NC2CCCCC2)c(O)c1O. The van der Waals surface area contributed by atoms with Crippen LogP contribution in [-0.4, -0.2) is 32.7 Å². The van der Waals surface area contributed by atoms with Crippen LogP contribution in [0, 0.1) is 0 Å². The van der Waals surface area contributed by atoms with Gasteiger partial charge in [0.2, 0.25) is 5.75 Å². The summed E-state index contributed by atoms with van der Waals surface area (Å²) in [5.41, 5.74) is 2.95. The molecule has 1 fully saturated rings.